The van der Waals surface area contributed by atoms with Crippen molar-refractivity contribution in [1.29, 1.82) is 0 Å². The second-order valence-electron chi connectivity index (χ2n) is 12.2. The van der Waals surface area contributed by atoms with E-state index < -0.39 is 28.5 Å². The molecule has 47 heavy (non-hydrogen) atoms. The summed E-state index contributed by atoms with van der Waals surface area (Å²) in [7, 11) is -4.15. The highest BCUT2D eigenvalue weighted by molar-refractivity contribution is 7.98. The van der Waals surface area contributed by atoms with Crippen molar-refractivity contribution in [3.8, 4) is 0 Å². The number of hydrogen-bond acceptors (Lipinski definition) is 5. The molecular weight excluding hydrogens is 627 g/mol. The number of nitrogens with zero attached hydrogens (tertiary/aromatic N) is 2. The van der Waals surface area contributed by atoms with Crippen molar-refractivity contribution in [2.75, 3.05) is 17.1 Å². The Bertz CT molecular complexity index is 1740. The molecule has 1 aliphatic rings. The van der Waals surface area contributed by atoms with Crippen molar-refractivity contribution in [3.63, 3.8) is 0 Å². The molecule has 0 radical (unpaired) electrons. The summed E-state index contributed by atoms with van der Waals surface area (Å²) in [5, 5.41) is 3.22. The smallest absolute Gasteiger partial charge is 0.264 e. The Morgan fingerprint density at radius 1 is 0.809 bits per heavy atom. The van der Waals surface area contributed by atoms with Crippen LogP contribution in [0.15, 0.2) is 113 Å². The molecule has 1 fully saturated rings. The van der Waals surface area contributed by atoms with Crippen LogP contribution in [0, 0.1) is 13.8 Å². The third-order valence-corrected chi connectivity index (χ3v) is 11.2. The number of carbonyl (C=O) groups is 2. The lowest BCUT2D eigenvalue weighted by atomic mass is 10.0. The van der Waals surface area contributed by atoms with Crippen LogP contribution in [0.2, 0.25) is 0 Å². The summed E-state index contributed by atoms with van der Waals surface area (Å²) in [6.45, 7) is 3.60. The third-order valence-electron chi connectivity index (χ3n) is 8.69. The van der Waals surface area contributed by atoms with E-state index >= 15 is 0 Å². The lowest BCUT2D eigenvalue weighted by molar-refractivity contribution is -0.140. The van der Waals surface area contributed by atoms with Crippen molar-refractivity contribution >= 4 is 39.3 Å². The largest absolute Gasteiger partial charge is 0.352 e. The number of thioether (sulfide) groups is 1. The fourth-order valence-corrected chi connectivity index (χ4v) is 7.75. The van der Waals surface area contributed by atoms with Gasteiger partial charge in [0.2, 0.25) is 11.8 Å². The van der Waals surface area contributed by atoms with Gasteiger partial charge in [-0.2, -0.15) is 0 Å². The average molecular weight is 670 g/mol. The minimum Gasteiger partial charge on any atom is -0.352 e. The van der Waals surface area contributed by atoms with E-state index in [0.717, 1.165) is 52.8 Å². The van der Waals surface area contributed by atoms with E-state index in [9.17, 15) is 18.0 Å². The van der Waals surface area contributed by atoms with Crippen molar-refractivity contribution in [2.24, 2.45) is 0 Å². The first-order chi connectivity index (χ1) is 22.6. The van der Waals surface area contributed by atoms with E-state index in [4.69, 9.17) is 0 Å². The van der Waals surface area contributed by atoms with Crippen LogP contribution in [-0.2, 0) is 32.6 Å². The predicted octanol–water partition coefficient (Wildman–Crippen LogP) is 6.92. The maximum Gasteiger partial charge on any atom is 0.264 e. The SMILES string of the molecule is CSc1ccc(S(=O)(=O)N(CC(=O)N(Cc2ccc(C)cc2)[C@H](Cc2ccccc2)C(=O)NC2CCCC2)c2ccc(C)cc2)cc1. The summed E-state index contributed by atoms with van der Waals surface area (Å²) in [6.07, 6.45) is 6.15. The molecule has 1 saturated carbocycles. The van der Waals surface area contributed by atoms with Gasteiger partial charge in [0.05, 0.1) is 10.6 Å². The van der Waals surface area contributed by atoms with E-state index in [-0.39, 0.29) is 23.4 Å². The number of anilines is 1. The van der Waals surface area contributed by atoms with E-state index in [2.05, 4.69) is 5.32 Å². The molecular formula is C38H43N3O4S2. The molecule has 0 bridgehead atoms. The first-order valence-electron chi connectivity index (χ1n) is 16.1. The molecule has 2 amide bonds. The molecule has 9 heteroatoms. The summed E-state index contributed by atoms with van der Waals surface area (Å²) < 4.78 is 29.7. The molecule has 7 nitrogen and oxygen atoms in total. The van der Waals surface area contributed by atoms with Gasteiger partial charge in [0, 0.05) is 23.9 Å². The zero-order valence-corrected chi connectivity index (χ0v) is 28.9. The van der Waals surface area contributed by atoms with Gasteiger partial charge >= 0.3 is 0 Å². The molecule has 5 rings (SSSR count). The number of rotatable bonds is 13. The molecule has 1 aliphatic carbocycles. The van der Waals surface area contributed by atoms with Crippen LogP contribution in [-0.4, -0.2) is 50.0 Å². The Morgan fingerprint density at radius 2 is 1.40 bits per heavy atom. The van der Waals surface area contributed by atoms with E-state index in [0.29, 0.717) is 12.1 Å². The molecule has 0 aromatic heterocycles. The molecule has 246 valence electrons. The van der Waals surface area contributed by atoms with E-state index in [1.54, 1.807) is 41.3 Å². The maximum absolute atomic E-state index is 14.7. The number of carbonyl (C=O) groups excluding carboxylic acids is 2. The number of amides is 2. The van der Waals surface area contributed by atoms with Gasteiger partial charge in [0.25, 0.3) is 10.0 Å². The maximum atomic E-state index is 14.7. The van der Waals surface area contributed by atoms with Gasteiger partial charge in [-0.3, -0.25) is 13.9 Å². The van der Waals surface area contributed by atoms with Crippen molar-refractivity contribution < 1.29 is 18.0 Å². The highest BCUT2D eigenvalue weighted by atomic mass is 32.2. The van der Waals surface area contributed by atoms with Crippen molar-refractivity contribution in [3.05, 3.63) is 125 Å². The van der Waals surface area contributed by atoms with Crippen LogP contribution in [0.3, 0.4) is 0 Å². The van der Waals surface area contributed by atoms with Crippen LogP contribution < -0.4 is 9.62 Å². The number of nitrogens with one attached hydrogen (secondary N) is 1. The van der Waals surface area contributed by atoms with Gasteiger partial charge in [-0.15, -0.1) is 11.8 Å². The Kier molecular flexibility index (Phi) is 11.4. The topological polar surface area (TPSA) is 86.8 Å². The summed E-state index contributed by atoms with van der Waals surface area (Å²) in [6, 6.07) is 30.5. The minimum absolute atomic E-state index is 0.0609. The lowest BCUT2D eigenvalue weighted by Gasteiger charge is -2.34. The summed E-state index contributed by atoms with van der Waals surface area (Å²) in [4.78, 5) is 31.4. The number of benzene rings is 4. The quantitative estimate of drug-likeness (QED) is 0.156. The molecule has 4 aromatic rings. The number of sulfonamides is 1. The Morgan fingerprint density at radius 3 is 2.00 bits per heavy atom. The molecule has 1 N–H and O–H groups in total. The summed E-state index contributed by atoms with van der Waals surface area (Å²) >= 11 is 1.52. The molecule has 1 atom stereocenters. The van der Waals surface area contributed by atoms with Crippen molar-refractivity contribution in [2.45, 2.75) is 74.4 Å². The van der Waals surface area contributed by atoms with Gasteiger partial charge in [-0.05, 0) is 80.5 Å². The number of aryl methyl sites for hydroxylation is 2. The molecule has 0 unspecified atom stereocenters. The normalized spacial score (nSPS) is 14.0. The minimum atomic E-state index is -4.15. The van der Waals surface area contributed by atoms with Gasteiger partial charge < -0.3 is 10.2 Å². The molecule has 0 saturated heterocycles. The summed E-state index contributed by atoms with van der Waals surface area (Å²) in [5.74, 6) is -0.684. The van der Waals surface area contributed by atoms with Gasteiger partial charge in [0.15, 0.2) is 0 Å². The Balaban J connectivity index is 1.55. The molecule has 4 aromatic carbocycles. The van der Waals surface area contributed by atoms with Crippen LogP contribution in [0.1, 0.15) is 47.9 Å². The highest BCUT2D eigenvalue weighted by Crippen LogP contribution is 2.27. The fraction of sp³-hybridized carbons (Fsp3) is 0.316. The molecule has 0 aliphatic heterocycles. The highest BCUT2D eigenvalue weighted by Gasteiger charge is 2.35. The molecule has 0 spiro atoms. The fourth-order valence-electron chi connectivity index (χ4n) is 5.93. The zero-order chi connectivity index (χ0) is 33.4. The van der Waals surface area contributed by atoms with Crippen LogP contribution in [0.25, 0.3) is 0 Å². The first-order valence-corrected chi connectivity index (χ1v) is 18.7. The van der Waals surface area contributed by atoms with Gasteiger partial charge in [0.1, 0.15) is 12.6 Å². The third kappa shape index (κ3) is 8.84. The Labute approximate surface area is 283 Å². The zero-order valence-electron chi connectivity index (χ0n) is 27.3. The van der Waals surface area contributed by atoms with Crippen LogP contribution >= 0.6 is 11.8 Å². The molecule has 0 heterocycles. The number of hydrogen-bond donors (Lipinski definition) is 1. The first kappa shape index (κ1) is 34.3. The van der Waals surface area contributed by atoms with Crippen LogP contribution in [0.5, 0.6) is 0 Å². The average Bonchev–Trinajstić information content (AvgIpc) is 3.60. The second kappa shape index (κ2) is 15.7. The van der Waals surface area contributed by atoms with Gasteiger partial charge in [-0.25, -0.2) is 8.42 Å². The second-order valence-corrected chi connectivity index (χ2v) is 15.0. The lowest BCUT2D eigenvalue weighted by Crippen LogP contribution is -2.54. The standard InChI is InChI=1S/C38H43N3O4S2/c1-28-13-17-31(18-14-28)26-40(36(25-30-9-5-4-6-10-30)38(43)39-32-11-7-8-12-32)37(42)27-41(33-19-15-29(2)16-20-33)47(44,45)35-23-21-34(46-3)22-24-35/h4-6,9-10,13-24,32,36H,7-8,11-12,25-27H2,1-3H3,(H,39,43)/t36-/m1/s1. The van der Waals surface area contributed by atoms with Gasteiger partial charge in [-0.1, -0.05) is 90.7 Å². The summed E-state index contributed by atoms with van der Waals surface area (Å²) in [5.41, 5.74) is 4.19. The van der Waals surface area contributed by atoms with E-state index in [1.807, 2.05) is 86.8 Å². The van der Waals surface area contributed by atoms with E-state index in [1.165, 1.54) is 16.1 Å². The Hall–Kier alpha value is -4.08. The van der Waals surface area contributed by atoms with Crippen molar-refractivity contribution in [1.82, 2.24) is 10.2 Å². The monoisotopic (exact) mass is 669 g/mol. The van der Waals surface area contributed by atoms with Crippen LogP contribution in [0.4, 0.5) is 5.69 Å². The predicted molar refractivity (Wildman–Crippen MR) is 190 cm³/mol.